The van der Waals surface area contributed by atoms with Crippen LogP contribution in [0.25, 0.3) is 11.1 Å². The van der Waals surface area contributed by atoms with E-state index in [1.165, 1.54) is 6.33 Å². The molecule has 1 aromatic carbocycles. The van der Waals surface area contributed by atoms with E-state index in [0.717, 1.165) is 42.7 Å². The Balaban J connectivity index is 1.55. The number of hydrogen-bond donors (Lipinski definition) is 0. The van der Waals surface area contributed by atoms with Crippen LogP contribution in [0.5, 0.6) is 0 Å². The summed E-state index contributed by atoms with van der Waals surface area (Å²) in [6.07, 6.45) is 2.68. The van der Waals surface area contributed by atoms with Gasteiger partial charge in [-0.2, -0.15) is 31.4 Å². The van der Waals surface area contributed by atoms with Gasteiger partial charge in [0.15, 0.2) is 0 Å². The van der Waals surface area contributed by atoms with Crippen molar-refractivity contribution in [1.82, 2.24) is 29.7 Å². The van der Waals surface area contributed by atoms with Crippen LogP contribution in [0.1, 0.15) is 61.4 Å². The van der Waals surface area contributed by atoms with Gasteiger partial charge in [-0.3, -0.25) is 4.68 Å². The molecule has 0 spiro atoms. The zero-order valence-electron chi connectivity index (χ0n) is 24.7. The van der Waals surface area contributed by atoms with Gasteiger partial charge in [-0.1, -0.05) is 31.4 Å². The van der Waals surface area contributed by atoms with Gasteiger partial charge in [0.05, 0.1) is 17.3 Å². The average molecular weight is 652 g/mol. The van der Waals surface area contributed by atoms with Gasteiger partial charge in [0, 0.05) is 55.0 Å². The summed E-state index contributed by atoms with van der Waals surface area (Å²) >= 11 is 6.10. The van der Waals surface area contributed by atoms with E-state index in [4.69, 9.17) is 11.6 Å². The van der Waals surface area contributed by atoms with E-state index in [0.29, 0.717) is 35.9 Å². The second-order valence-corrected chi connectivity index (χ2v) is 12.0. The van der Waals surface area contributed by atoms with Crippen LogP contribution < -0.4 is 4.90 Å². The molecule has 5 rings (SSSR count). The van der Waals surface area contributed by atoms with Gasteiger partial charge in [-0.15, -0.1) is 0 Å². The second-order valence-electron chi connectivity index (χ2n) is 11.6. The van der Waals surface area contributed by atoms with E-state index in [9.17, 15) is 26.3 Å². The van der Waals surface area contributed by atoms with Crippen molar-refractivity contribution in [2.45, 2.75) is 70.4 Å². The molecule has 240 valence electrons. The summed E-state index contributed by atoms with van der Waals surface area (Å²) in [5, 5.41) is 4.49. The van der Waals surface area contributed by atoms with E-state index in [-0.39, 0.29) is 36.1 Å². The summed E-state index contributed by atoms with van der Waals surface area (Å²) in [5.41, 5.74) is -0.626. The zero-order valence-corrected chi connectivity index (χ0v) is 25.4. The highest BCUT2D eigenvalue weighted by molar-refractivity contribution is 6.29. The van der Waals surface area contributed by atoms with Gasteiger partial charge in [0.2, 0.25) is 5.95 Å². The molecule has 0 bridgehead atoms. The van der Waals surface area contributed by atoms with E-state index < -0.39 is 23.5 Å². The quantitative estimate of drug-likeness (QED) is 0.109. The lowest BCUT2D eigenvalue weighted by atomic mass is 9.92. The van der Waals surface area contributed by atoms with E-state index in [1.807, 2.05) is 0 Å². The Hall–Kier alpha value is -3.74. The minimum absolute atomic E-state index is 0.127. The standard InChI is InChI=1S/C31H32ClF6N7/c1-3-19-4-5-20(8-26-12-28(32)42-18-41-26)10-27(9-19)45(29-39-13-22(14-40-29)23-15-43-44(2)17-23)16-21-6-24(30(33,34)35)11-25(7-21)31(36,37)38/h6-7,11-15,17-20,27H,3-5,8-10,16H2,1-2H3/t19-,20?,27?/m0/s1. The monoisotopic (exact) mass is 651 g/mol. The first-order valence-electron chi connectivity index (χ1n) is 14.6. The highest BCUT2D eigenvalue weighted by atomic mass is 35.5. The maximum Gasteiger partial charge on any atom is 0.416 e. The Bertz CT molecular complexity index is 1560. The highest BCUT2D eigenvalue weighted by Crippen LogP contribution is 2.39. The number of benzene rings is 1. The minimum Gasteiger partial charge on any atom is -0.333 e. The summed E-state index contributed by atoms with van der Waals surface area (Å²) in [4.78, 5) is 19.2. The van der Waals surface area contributed by atoms with Crippen LogP contribution in [0.15, 0.2) is 55.4 Å². The number of halogens is 7. The molecule has 0 radical (unpaired) electrons. The first-order chi connectivity index (χ1) is 21.3. The lowest BCUT2D eigenvalue weighted by Gasteiger charge is -2.34. The van der Waals surface area contributed by atoms with E-state index in [2.05, 4.69) is 32.0 Å². The summed E-state index contributed by atoms with van der Waals surface area (Å²) in [7, 11) is 1.77. The van der Waals surface area contributed by atoms with Crippen LogP contribution in [0.2, 0.25) is 5.15 Å². The fourth-order valence-electron chi connectivity index (χ4n) is 6.02. The Kier molecular flexibility index (Phi) is 9.66. The van der Waals surface area contributed by atoms with Gasteiger partial charge in [-0.05, 0) is 67.3 Å². The van der Waals surface area contributed by atoms with Gasteiger partial charge in [-0.25, -0.2) is 19.9 Å². The van der Waals surface area contributed by atoms with Gasteiger partial charge in [0.25, 0.3) is 0 Å². The minimum atomic E-state index is -4.96. The van der Waals surface area contributed by atoms with Crippen LogP contribution >= 0.6 is 11.6 Å². The van der Waals surface area contributed by atoms with Gasteiger partial charge >= 0.3 is 12.4 Å². The summed E-state index contributed by atoms with van der Waals surface area (Å²) in [6.45, 7) is 1.84. The number of aryl methyl sites for hydroxylation is 1. The lowest BCUT2D eigenvalue weighted by molar-refractivity contribution is -0.143. The molecular formula is C31H32ClF6N7. The molecule has 1 aliphatic rings. The molecule has 1 saturated carbocycles. The fraction of sp³-hybridized carbons (Fsp3) is 0.452. The van der Waals surface area contributed by atoms with Crippen molar-refractivity contribution in [2.75, 3.05) is 4.90 Å². The first kappa shape index (κ1) is 32.6. The molecular weight excluding hydrogens is 620 g/mol. The molecule has 0 N–H and O–H groups in total. The number of anilines is 1. The molecule has 1 fully saturated rings. The largest absolute Gasteiger partial charge is 0.416 e. The van der Waals surface area contributed by atoms with Crippen molar-refractivity contribution in [2.24, 2.45) is 18.9 Å². The van der Waals surface area contributed by atoms with Crippen LogP contribution in [0, 0.1) is 11.8 Å². The van der Waals surface area contributed by atoms with Crippen molar-refractivity contribution >= 4 is 17.5 Å². The predicted molar refractivity (Wildman–Crippen MR) is 157 cm³/mol. The Morgan fingerprint density at radius 3 is 2.07 bits per heavy atom. The molecule has 4 aromatic rings. The summed E-state index contributed by atoms with van der Waals surface area (Å²) in [5.74, 6) is 0.638. The van der Waals surface area contributed by atoms with Crippen molar-refractivity contribution in [3.63, 3.8) is 0 Å². The molecule has 45 heavy (non-hydrogen) atoms. The SMILES string of the molecule is CC[C@H]1CCC(Cc2cc(Cl)ncn2)CC(N(Cc2cc(C(F)(F)F)cc(C(F)(F)F)c2)c2ncc(-c3cnn(C)c3)cn2)C1. The maximum atomic E-state index is 13.8. The topological polar surface area (TPSA) is 72.6 Å². The Labute approximate surface area is 261 Å². The first-order valence-corrected chi connectivity index (χ1v) is 15.0. The van der Waals surface area contributed by atoms with Crippen LogP contribution in [0.4, 0.5) is 32.3 Å². The van der Waals surface area contributed by atoms with Crippen molar-refractivity contribution < 1.29 is 26.3 Å². The third kappa shape index (κ3) is 8.30. The predicted octanol–water partition coefficient (Wildman–Crippen LogP) is 8.19. The zero-order chi connectivity index (χ0) is 32.4. The molecule has 3 atom stereocenters. The second kappa shape index (κ2) is 13.3. The molecule has 1 aliphatic carbocycles. The van der Waals surface area contributed by atoms with Crippen LogP contribution in [0.3, 0.4) is 0 Å². The molecule has 0 aliphatic heterocycles. The smallest absolute Gasteiger partial charge is 0.333 e. The summed E-state index contributed by atoms with van der Waals surface area (Å²) in [6, 6.07) is 3.14. The molecule has 14 heteroatoms. The van der Waals surface area contributed by atoms with E-state index in [1.54, 1.807) is 47.5 Å². The van der Waals surface area contributed by atoms with Gasteiger partial charge < -0.3 is 4.90 Å². The maximum absolute atomic E-state index is 13.8. The number of hydrogen-bond acceptors (Lipinski definition) is 6. The number of alkyl halides is 6. The third-order valence-corrected chi connectivity index (χ3v) is 8.54. The number of nitrogens with zero attached hydrogens (tertiary/aromatic N) is 7. The van der Waals surface area contributed by atoms with Crippen molar-refractivity contribution in [3.05, 3.63) is 82.9 Å². The van der Waals surface area contributed by atoms with Crippen molar-refractivity contribution in [3.8, 4) is 11.1 Å². The van der Waals surface area contributed by atoms with Gasteiger partial charge in [0.1, 0.15) is 11.5 Å². The number of rotatable bonds is 8. The third-order valence-electron chi connectivity index (χ3n) is 8.33. The normalized spacial score (nSPS) is 19.4. The van der Waals surface area contributed by atoms with Crippen LogP contribution in [-0.4, -0.2) is 35.8 Å². The highest BCUT2D eigenvalue weighted by Gasteiger charge is 2.38. The molecule has 3 aromatic heterocycles. The van der Waals surface area contributed by atoms with Crippen molar-refractivity contribution in [1.29, 1.82) is 0 Å². The Morgan fingerprint density at radius 1 is 0.844 bits per heavy atom. The molecule has 7 nitrogen and oxygen atoms in total. The average Bonchev–Trinajstić information content (AvgIpc) is 3.32. The molecule has 2 unspecified atom stereocenters. The fourth-order valence-corrected chi connectivity index (χ4v) is 6.19. The Morgan fingerprint density at radius 2 is 1.49 bits per heavy atom. The van der Waals surface area contributed by atoms with Crippen LogP contribution in [-0.2, 0) is 32.4 Å². The van der Waals surface area contributed by atoms with E-state index >= 15 is 0 Å². The molecule has 3 heterocycles. The molecule has 0 saturated heterocycles. The lowest BCUT2D eigenvalue weighted by Crippen LogP contribution is -2.38. The molecule has 0 amide bonds. The number of aromatic nitrogens is 6. The summed E-state index contributed by atoms with van der Waals surface area (Å²) < 4.78 is 84.2.